The van der Waals surface area contributed by atoms with E-state index in [4.69, 9.17) is 14.9 Å². The van der Waals surface area contributed by atoms with Gasteiger partial charge in [0.15, 0.2) is 0 Å². The van der Waals surface area contributed by atoms with Crippen LogP contribution in [0.2, 0.25) is 0 Å². The Hall–Kier alpha value is -2.34. The molecule has 0 unspecified atom stereocenters. The Morgan fingerprint density at radius 1 is 1.12 bits per heavy atom. The molecule has 0 aliphatic carbocycles. The van der Waals surface area contributed by atoms with Crippen LogP contribution in [0, 0.1) is 5.92 Å². The number of carbonyl (C=O) groups excluding carboxylic acids is 2. The molecule has 4 rings (SSSR count). The van der Waals surface area contributed by atoms with Crippen molar-refractivity contribution in [3.63, 3.8) is 0 Å². The van der Waals surface area contributed by atoms with Gasteiger partial charge in [0.05, 0.1) is 12.5 Å². The molecule has 2 atom stereocenters. The molecule has 2 aliphatic heterocycles. The monoisotopic (exact) mass is 356 g/mol. The number of nitrogens with two attached hydrogens (primary N) is 1. The van der Waals surface area contributed by atoms with Crippen LogP contribution in [0.3, 0.4) is 0 Å². The summed E-state index contributed by atoms with van der Waals surface area (Å²) in [4.78, 5) is 25.7. The second-order valence-electron chi connectivity index (χ2n) is 7.29. The number of benzene rings is 1. The summed E-state index contributed by atoms with van der Waals surface area (Å²) in [6, 6.07) is 9.73. The average molecular weight is 356 g/mol. The van der Waals surface area contributed by atoms with Crippen molar-refractivity contribution in [2.45, 2.75) is 44.3 Å². The van der Waals surface area contributed by atoms with Crippen molar-refractivity contribution in [3.8, 4) is 0 Å². The molecule has 0 spiro atoms. The first-order valence-electron chi connectivity index (χ1n) is 9.30. The number of piperidine rings is 1. The Kier molecular flexibility index (Phi) is 4.68. The Labute approximate surface area is 152 Å². The quantitative estimate of drug-likeness (QED) is 0.910. The number of primary amides is 1. The van der Waals surface area contributed by atoms with E-state index in [0.29, 0.717) is 24.5 Å². The number of para-hydroxylation sites is 1. The fourth-order valence-electron chi connectivity index (χ4n) is 4.12. The molecule has 26 heavy (non-hydrogen) atoms. The molecular weight excluding hydrogens is 332 g/mol. The fourth-order valence-corrected chi connectivity index (χ4v) is 4.12. The third-order valence-corrected chi connectivity index (χ3v) is 5.59. The van der Waals surface area contributed by atoms with Crippen molar-refractivity contribution in [1.82, 2.24) is 4.90 Å². The van der Waals surface area contributed by atoms with Gasteiger partial charge in [-0.2, -0.15) is 0 Å². The lowest BCUT2D eigenvalue weighted by molar-refractivity contribution is -0.133. The van der Waals surface area contributed by atoms with E-state index >= 15 is 0 Å². The van der Waals surface area contributed by atoms with Gasteiger partial charge in [-0.25, -0.2) is 0 Å². The van der Waals surface area contributed by atoms with Crippen LogP contribution < -0.4 is 5.73 Å². The van der Waals surface area contributed by atoms with E-state index in [1.54, 1.807) is 0 Å². The molecule has 0 radical (unpaired) electrons. The first kappa shape index (κ1) is 17.1. The molecule has 2 aromatic rings. The SMILES string of the molecule is NC(=O)[C@H]1CC[C@@H](C2CCN(C(=O)Cc3cc4ccccc4o3)CC2)O1. The first-order chi connectivity index (χ1) is 12.6. The molecule has 0 bridgehead atoms. The van der Waals surface area contributed by atoms with Gasteiger partial charge >= 0.3 is 0 Å². The predicted molar refractivity (Wildman–Crippen MR) is 96.3 cm³/mol. The van der Waals surface area contributed by atoms with Crippen LogP contribution in [0.5, 0.6) is 0 Å². The van der Waals surface area contributed by atoms with Gasteiger partial charge in [0, 0.05) is 18.5 Å². The molecule has 138 valence electrons. The number of carbonyl (C=O) groups is 2. The topological polar surface area (TPSA) is 85.8 Å². The van der Waals surface area contributed by atoms with Crippen LogP contribution in [0.1, 0.15) is 31.4 Å². The Balaban J connectivity index is 1.30. The van der Waals surface area contributed by atoms with E-state index in [2.05, 4.69) is 0 Å². The summed E-state index contributed by atoms with van der Waals surface area (Å²) < 4.78 is 11.5. The average Bonchev–Trinajstić information content (AvgIpc) is 3.28. The minimum absolute atomic E-state index is 0.0973. The number of likely N-dealkylation sites (tertiary alicyclic amines) is 1. The maximum Gasteiger partial charge on any atom is 0.246 e. The molecule has 2 aliphatic rings. The number of amides is 2. The molecule has 1 aromatic heterocycles. The molecule has 6 nitrogen and oxygen atoms in total. The van der Waals surface area contributed by atoms with E-state index in [0.717, 1.165) is 43.3 Å². The van der Waals surface area contributed by atoms with E-state index in [1.807, 2.05) is 35.2 Å². The molecular formula is C20H24N2O4. The van der Waals surface area contributed by atoms with E-state index in [-0.39, 0.29) is 17.9 Å². The van der Waals surface area contributed by atoms with E-state index < -0.39 is 6.10 Å². The number of hydrogen-bond acceptors (Lipinski definition) is 4. The smallest absolute Gasteiger partial charge is 0.246 e. The van der Waals surface area contributed by atoms with Crippen LogP contribution in [0.25, 0.3) is 11.0 Å². The summed E-state index contributed by atoms with van der Waals surface area (Å²) in [7, 11) is 0. The minimum Gasteiger partial charge on any atom is -0.461 e. The van der Waals surface area contributed by atoms with Gasteiger partial charge in [-0.3, -0.25) is 9.59 Å². The highest BCUT2D eigenvalue weighted by molar-refractivity contribution is 5.82. The Morgan fingerprint density at radius 2 is 1.88 bits per heavy atom. The number of nitrogens with zero attached hydrogens (tertiary/aromatic N) is 1. The third kappa shape index (κ3) is 3.46. The van der Waals surface area contributed by atoms with Gasteiger partial charge < -0.3 is 19.8 Å². The number of fused-ring (bicyclic) bond motifs is 1. The number of rotatable bonds is 4. The zero-order chi connectivity index (χ0) is 18.1. The highest BCUT2D eigenvalue weighted by Crippen LogP contribution is 2.32. The zero-order valence-electron chi connectivity index (χ0n) is 14.7. The molecule has 3 heterocycles. The van der Waals surface area contributed by atoms with Gasteiger partial charge in [-0.15, -0.1) is 0 Å². The summed E-state index contributed by atoms with van der Waals surface area (Å²) in [5.74, 6) is 0.840. The molecule has 2 amide bonds. The normalized spacial score (nSPS) is 24.2. The van der Waals surface area contributed by atoms with Crippen LogP contribution in [0.15, 0.2) is 34.7 Å². The second kappa shape index (κ2) is 7.11. The highest BCUT2D eigenvalue weighted by atomic mass is 16.5. The van der Waals surface area contributed by atoms with Crippen LogP contribution in [0.4, 0.5) is 0 Å². The van der Waals surface area contributed by atoms with E-state index in [1.165, 1.54) is 0 Å². The van der Waals surface area contributed by atoms with Crippen molar-refractivity contribution in [1.29, 1.82) is 0 Å². The predicted octanol–water partition coefficient (Wildman–Crippen LogP) is 2.25. The zero-order valence-corrected chi connectivity index (χ0v) is 14.7. The van der Waals surface area contributed by atoms with Crippen molar-refractivity contribution >= 4 is 22.8 Å². The maximum atomic E-state index is 12.6. The van der Waals surface area contributed by atoms with Gasteiger partial charge in [-0.05, 0) is 43.7 Å². The van der Waals surface area contributed by atoms with Crippen molar-refractivity contribution in [2.75, 3.05) is 13.1 Å². The summed E-state index contributed by atoms with van der Waals surface area (Å²) in [5.41, 5.74) is 6.14. The first-order valence-corrected chi connectivity index (χ1v) is 9.30. The van der Waals surface area contributed by atoms with Crippen molar-refractivity contribution in [2.24, 2.45) is 11.7 Å². The fraction of sp³-hybridized carbons (Fsp3) is 0.500. The summed E-state index contributed by atoms with van der Waals surface area (Å²) in [5, 5.41) is 1.02. The Morgan fingerprint density at radius 3 is 2.58 bits per heavy atom. The molecule has 6 heteroatoms. The number of ether oxygens (including phenoxy) is 1. The van der Waals surface area contributed by atoms with Gasteiger partial charge in [0.25, 0.3) is 0 Å². The third-order valence-electron chi connectivity index (χ3n) is 5.59. The lowest BCUT2D eigenvalue weighted by Crippen LogP contribution is -2.42. The molecule has 2 N–H and O–H groups in total. The van der Waals surface area contributed by atoms with Crippen LogP contribution in [-0.4, -0.2) is 42.0 Å². The molecule has 1 aromatic carbocycles. The lowest BCUT2D eigenvalue weighted by atomic mass is 9.89. The Bertz CT molecular complexity index is 774. The summed E-state index contributed by atoms with van der Waals surface area (Å²) in [6.07, 6.45) is 3.36. The largest absolute Gasteiger partial charge is 0.461 e. The minimum atomic E-state index is -0.437. The molecule has 2 saturated heterocycles. The van der Waals surface area contributed by atoms with Crippen molar-refractivity contribution < 1.29 is 18.7 Å². The van der Waals surface area contributed by atoms with Crippen LogP contribution >= 0.6 is 0 Å². The van der Waals surface area contributed by atoms with Crippen LogP contribution in [-0.2, 0) is 20.7 Å². The molecule has 0 saturated carbocycles. The van der Waals surface area contributed by atoms with Gasteiger partial charge in [0.1, 0.15) is 17.4 Å². The van der Waals surface area contributed by atoms with E-state index in [9.17, 15) is 9.59 Å². The van der Waals surface area contributed by atoms with Crippen molar-refractivity contribution in [3.05, 3.63) is 36.1 Å². The second-order valence-corrected chi connectivity index (χ2v) is 7.29. The lowest BCUT2D eigenvalue weighted by Gasteiger charge is -2.34. The summed E-state index contributed by atoms with van der Waals surface area (Å²) in [6.45, 7) is 1.45. The number of hydrogen-bond donors (Lipinski definition) is 1. The van der Waals surface area contributed by atoms with Gasteiger partial charge in [0.2, 0.25) is 11.8 Å². The molecule has 2 fully saturated rings. The summed E-state index contributed by atoms with van der Waals surface area (Å²) >= 11 is 0. The highest BCUT2D eigenvalue weighted by Gasteiger charge is 2.36. The van der Waals surface area contributed by atoms with Gasteiger partial charge in [-0.1, -0.05) is 18.2 Å². The maximum absolute atomic E-state index is 12.6. The number of furan rings is 1. The standard InChI is InChI=1S/C20H24N2O4/c21-20(24)18-6-5-17(26-18)13-7-9-22(10-8-13)19(23)12-15-11-14-3-1-2-4-16(14)25-15/h1-4,11,13,17-18H,5-10,12H2,(H2,21,24)/t17-,18+/m0/s1.